The van der Waals surface area contributed by atoms with Crippen LogP contribution in [0.25, 0.3) is 5.82 Å². The zero-order chi connectivity index (χ0) is 10.8. The number of hydrogen-bond acceptors (Lipinski definition) is 2. The molecule has 2 rings (SSSR count). The number of aryl methyl sites for hydroxylation is 1. The van der Waals surface area contributed by atoms with E-state index in [1.165, 1.54) is 0 Å². The second kappa shape index (κ2) is 4.45. The summed E-state index contributed by atoms with van der Waals surface area (Å²) >= 11 is 6.81. The first kappa shape index (κ1) is 10.8. The molecule has 0 aliphatic rings. The van der Waals surface area contributed by atoms with Gasteiger partial charge in [-0.2, -0.15) is 5.10 Å². The summed E-state index contributed by atoms with van der Waals surface area (Å²) in [6.45, 7) is 1.96. The van der Waals surface area contributed by atoms with Crippen LogP contribution in [0.1, 0.15) is 11.4 Å². The van der Waals surface area contributed by atoms with Gasteiger partial charge in [0.15, 0.2) is 5.82 Å². The lowest BCUT2D eigenvalue weighted by molar-refractivity contribution is 0.824. The van der Waals surface area contributed by atoms with Crippen LogP contribution < -0.4 is 0 Å². The Balaban J connectivity index is 2.44. The standard InChI is InChI=1S/C10H9Br2N3/c1-7-4-8(12)5-10(13-7)15-3-2-9(6-11)14-15/h2-5H,6H2,1H3. The molecule has 3 nitrogen and oxygen atoms in total. The summed E-state index contributed by atoms with van der Waals surface area (Å²) in [5.41, 5.74) is 1.96. The van der Waals surface area contributed by atoms with Gasteiger partial charge in [0.1, 0.15) is 0 Å². The Kier molecular flexibility index (Phi) is 3.21. The molecule has 0 aromatic carbocycles. The Morgan fingerprint density at radius 2 is 2.20 bits per heavy atom. The third-order valence-corrected chi connectivity index (χ3v) is 2.95. The van der Waals surface area contributed by atoms with Gasteiger partial charge in [-0.15, -0.1) is 0 Å². The second-order valence-electron chi connectivity index (χ2n) is 3.17. The summed E-state index contributed by atoms with van der Waals surface area (Å²) < 4.78 is 2.79. The topological polar surface area (TPSA) is 30.7 Å². The fraction of sp³-hybridized carbons (Fsp3) is 0.200. The lowest BCUT2D eigenvalue weighted by atomic mass is 10.4. The van der Waals surface area contributed by atoms with Crippen LogP contribution in [0.2, 0.25) is 0 Å². The number of nitrogens with zero attached hydrogens (tertiary/aromatic N) is 3. The number of aromatic nitrogens is 3. The lowest BCUT2D eigenvalue weighted by Gasteiger charge is -2.02. The molecule has 0 bridgehead atoms. The van der Waals surface area contributed by atoms with Crippen LogP contribution in [0, 0.1) is 6.92 Å². The van der Waals surface area contributed by atoms with Crippen molar-refractivity contribution in [3.63, 3.8) is 0 Å². The Bertz CT molecular complexity index is 459. The Morgan fingerprint density at radius 3 is 2.80 bits per heavy atom. The quantitative estimate of drug-likeness (QED) is 0.791. The lowest BCUT2D eigenvalue weighted by Crippen LogP contribution is -2.00. The molecule has 0 atom stereocenters. The van der Waals surface area contributed by atoms with Crippen molar-refractivity contribution in [1.82, 2.24) is 14.8 Å². The Morgan fingerprint density at radius 1 is 1.40 bits per heavy atom. The molecule has 0 saturated heterocycles. The number of halogens is 2. The van der Waals surface area contributed by atoms with Crippen LogP contribution in [0.5, 0.6) is 0 Å². The van der Waals surface area contributed by atoms with E-state index in [0.717, 1.165) is 27.0 Å². The summed E-state index contributed by atoms with van der Waals surface area (Å²) in [4.78, 5) is 4.41. The minimum atomic E-state index is 0.757. The maximum atomic E-state index is 4.41. The van der Waals surface area contributed by atoms with Gasteiger partial charge in [-0.05, 0) is 25.1 Å². The summed E-state index contributed by atoms with van der Waals surface area (Å²) in [6, 6.07) is 5.88. The van der Waals surface area contributed by atoms with Gasteiger partial charge in [-0.1, -0.05) is 31.9 Å². The summed E-state index contributed by atoms with van der Waals surface area (Å²) in [5, 5.41) is 5.12. The van der Waals surface area contributed by atoms with Crippen LogP contribution in [-0.4, -0.2) is 14.8 Å². The summed E-state index contributed by atoms with van der Waals surface area (Å²) in [7, 11) is 0. The van der Waals surface area contributed by atoms with Crippen molar-refractivity contribution >= 4 is 31.9 Å². The fourth-order valence-corrected chi connectivity index (χ4v) is 2.12. The van der Waals surface area contributed by atoms with Crippen molar-refractivity contribution in [2.24, 2.45) is 0 Å². The largest absolute Gasteiger partial charge is 0.234 e. The molecule has 2 heterocycles. The molecule has 2 aromatic heterocycles. The van der Waals surface area contributed by atoms with E-state index in [-0.39, 0.29) is 0 Å². The third kappa shape index (κ3) is 2.46. The van der Waals surface area contributed by atoms with E-state index < -0.39 is 0 Å². The van der Waals surface area contributed by atoms with Gasteiger partial charge in [-0.25, -0.2) is 9.67 Å². The third-order valence-electron chi connectivity index (χ3n) is 1.92. The van der Waals surface area contributed by atoms with E-state index in [0.29, 0.717) is 0 Å². The number of hydrogen-bond donors (Lipinski definition) is 0. The van der Waals surface area contributed by atoms with Gasteiger partial charge in [0.05, 0.1) is 5.69 Å². The van der Waals surface area contributed by atoms with E-state index in [9.17, 15) is 0 Å². The van der Waals surface area contributed by atoms with Crippen molar-refractivity contribution in [1.29, 1.82) is 0 Å². The molecule has 0 N–H and O–H groups in total. The van der Waals surface area contributed by atoms with Crippen LogP contribution in [-0.2, 0) is 5.33 Å². The fourth-order valence-electron chi connectivity index (χ4n) is 1.29. The summed E-state index contributed by atoms with van der Waals surface area (Å²) in [6.07, 6.45) is 1.91. The van der Waals surface area contributed by atoms with Gasteiger partial charge in [0.2, 0.25) is 0 Å². The van der Waals surface area contributed by atoms with Crippen LogP contribution in [0.15, 0.2) is 28.9 Å². The predicted molar refractivity (Wildman–Crippen MR) is 66.4 cm³/mol. The molecule has 0 saturated carbocycles. The Hall–Kier alpha value is -0.680. The van der Waals surface area contributed by atoms with E-state index >= 15 is 0 Å². The van der Waals surface area contributed by atoms with Gasteiger partial charge < -0.3 is 0 Å². The van der Waals surface area contributed by atoms with E-state index in [4.69, 9.17) is 0 Å². The first-order chi connectivity index (χ1) is 7.19. The Labute approximate surface area is 105 Å². The van der Waals surface area contributed by atoms with Crippen molar-refractivity contribution < 1.29 is 0 Å². The van der Waals surface area contributed by atoms with Gasteiger partial charge in [-0.3, -0.25) is 0 Å². The van der Waals surface area contributed by atoms with E-state index in [2.05, 4.69) is 41.9 Å². The second-order valence-corrected chi connectivity index (χ2v) is 4.65. The molecule has 0 aliphatic carbocycles. The molecule has 0 fully saturated rings. The zero-order valence-electron chi connectivity index (χ0n) is 8.11. The minimum Gasteiger partial charge on any atom is -0.234 e. The highest BCUT2D eigenvalue weighted by molar-refractivity contribution is 9.10. The highest BCUT2D eigenvalue weighted by Gasteiger charge is 2.03. The molecule has 0 unspecified atom stereocenters. The first-order valence-electron chi connectivity index (χ1n) is 4.44. The van der Waals surface area contributed by atoms with Crippen molar-refractivity contribution in [2.75, 3.05) is 0 Å². The van der Waals surface area contributed by atoms with Crippen LogP contribution >= 0.6 is 31.9 Å². The van der Waals surface area contributed by atoms with Gasteiger partial charge in [0.25, 0.3) is 0 Å². The predicted octanol–water partition coefficient (Wildman–Crippen LogP) is 3.23. The van der Waals surface area contributed by atoms with Crippen molar-refractivity contribution in [3.8, 4) is 5.82 Å². The number of rotatable bonds is 2. The summed E-state index contributed by atoms with van der Waals surface area (Å²) in [5.74, 6) is 0.828. The molecular weight excluding hydrogens is 322 g/mol. The molecule has 0 radical (unpaired) electrons. The number of alkyl halides is 1. The first-order valence-corrected chi connectivity index (χ1v) is 6.35. The molecule has 15 heavy (non-hydrogen) atoms. The maximum Gasteiger partial charge on any atom is 0.154 e. The molecule has 0 amide bonds. The average molecular weight is 331 g/mol. The highest BCUT2D eigenvalue weighted by atomic mass is 79.9. The molecule has 2 aromatic rings. The normalized spacial score (nSPS) is 10.6. The van der Waals surface area contributed by atoms with E-state index in [1.807, 2.05) is 31.3 Å². The SMILES string of the molecule is Cc1cc(Br)cc(-n2ccc(CBr)n2)n1. The minimum absolute atomic E-state index is 0.757. The molecule has 78 valence electrons. The monoisotopic (exact) mass is 329 g/mol. The average Bonchev–Trinajstić information content (AvgIpc) is 2.64. The highest BCUT2D eigenvalue weighted by Crippen LogP contribution is 2.15. The molecule has 5 heteroatoms. The zero-order valence-corrected chi connectivity index (χ0v) is 11.3. The van der Waals surface area contributed by atoms with Gasteiger partial charge in [0, 0.05) is 21.7 Å². The van der Waals surface area contributed by atoms with Crippen LogP contribution in [0.3, 0.4) is 0 Å². The van der Waals surface area contributed by atoms with Crippen molar-refractivity contribution in [3.05, 3.63) is 40.3 Å². The smallest absolute Gasteiger partial charge is 0.154 e. The molecule has 0 aliphatic heterocycles. The van der Waals surface area contributed by atoms with Gasteiger partial charge >= 0.3 is 0 Å². The molecular formula is C10H9Br2N3. The van der Waals surface area contributed by atoms with E-state index in [1.54, 1.807) is 4.68 Å². The van der Waals surface area contributed by atoms with Crippen LogP contribution in [0.4, 0.5) is 0 Å². The maximum absolute atomic E-state index is 4.41. The number of pyridine rings is 1. The molecule has 0 spiro atoms. The van der Waals surface area contributed by atoms with Crippen molar-refractivity contribution in [2.45, 2.75) is 12.3 Å².